The molecule has 1 aliphatic carbocycles. The Kier molecular flexibility index (Phi) is 5.53. The number of hydrogen-bond acceptors (Lipinski definition) is 2. The number of rotatable bonds is 6. The van der Waals surface area contributed by atoms with Crippen molar-refractivity contribution in [3.8, 4) is 5.75 Å². The zero-order valence-electron chi connectivity index (χ0n) is 12.0. The zero-order chi connectivity index (χ0) is 14.4. The van der Waals surface area contributed by atoms with E-state index in [0.29, 0.717) is 17.6 Å². The predicted octanol–water partition coefficient (Wildman–Crippen LogP) is 2.82. The van der Waals surface area contributed by atoms with Gasteiger partial charge in [-0.25, -0.2) is 4.99 Å². The molecule has 0 amide bonds. The molecule has 1 aliphatic rings. The average molecular weight is 296 g/mol. The summed E-state index contributed by atoms with van der Waals surface area (Å²) in [7, 11) is 0. The Morgan fingerprint density at radius 1 is 1.50 bits per heavy atom. The first-order valence-corrected chi connectivity index (χ1v) is 7.52. The van der Waals surface area contributed by atoms with E-state index in [1.807, 2.05) is 31.2 Å². The van der Waals surface area contributed by atoms with Crippen molar-refractivity contribution >= 4 is 17.6 Å². The minimum Gasteiger partial charge on any atom is -0.489 e. The fraction of sp³-hybridized carbons (Fsp3) is 0.533. The number of ether oxygens (including phenoxy) is 1. The van der Waals surface area contributed by atoms with Crippen molar-refractivity contribution < 1.29 is 4.74 Å². The van der Waals surface area contributed by atoms with Crippen LogP contribution in [0.1, 0.15) is 26.7 Å². The highest BCUT2D eigenvalue weighted by molar-refractivity contribution is 6.30. The molecule has 2 N–H and O–H groups in total. The second kappa shape index (κ2) is 7.39. The van der Waals surface area contributed by atoms with E-state index in [1.165, 1.54) is 12.8 Å². The summed E-state index contributed by atoms with van der Waals surface area (Å²) in [5, 5.41) is 7.31. The summed E-state index contributed by atoms with van der Waals surface area (Å²) < 4.78 is 5.80. The maximum absolute atomic E-state index is 5.93. The maximum atomic E-state index is 5.93. The van der Waals surface area contributed by atoms with Crippen LogP contribution in [0.4, 0.5) is 0 Å². The Morgan fingerprint density at radius 2 is 2.30 bits per heavy atom. The standard InChI is InChI=1S/C15H22ClN3O/c1-3-17-15(19-13-7-8-13)18-10-11(2)20-14-6-4-5-12(16)9-14/h4-6,9,11,13H,3,7-8,10H2,1-2H3,(H2,17,18,19). The van der Waals surface area contributed by atoms with E-state index in [1.54, 1.807) is 0 Å². The van der Waals surface area contributed by atoms with Crippen LogP contribution in [-0.2, 0) is 0 Å². The molecule has 20 heavy (non-hydrogen) atoms. The van der Waals surface area contributed by atoms with Gasteiger partial charge in [0.1, 0.15) is 11.9 Å². The molecule has 110 valence electrons. The minimum atomic E-state index is 0.00289. The Balaban J connectivity index is 1.83. The number of hydrogen-bond donors (Lipinski definition) is 2. The van der Waals surface area contributed by atoms with Crippen LogP contribution in [0, 0.1) is 0 Å². The molecule has 0 aliphatic heterocycles. The van der Waals surface area contributed by atoms with Gasteiger partial charge in [0, 0.05) is 17.6 Å². The molecule has 2 rings (SSSR count). The van der Waals surface area contributed by atoms with Crippen LogP contribution >= 0.6 is 11.6 Å². The molecule has 5 heteroatoms. The number of nitrogens with one attached hydrogen (secondary N) is 2. The number of guanidine groups is 1. The van der Waals surface area contributed by atoms with Gasteiger partial charge in [-0.3, -0.25) is 0 Å². The molecule has 1 saturated carbocycles. The van der Waals surface area contributed by atoms with Crippen molar-refractivity contribution in [3.63, 3.8) is 0 Å². The van der Waals surface area contributed by atoms with Gasteiger partial charge in [0.25, 0.3) is 0 Å². The van der Waals surface area contributed by atoms with Crippen molar-refractivity contribution in [2.75, 3.05) is 13.1 Å². The van der Waals surface area contributed by atoms with Crippen molar-refractivity contribution in [1.82, 2.24) is 10.6 Å². The highest BCUT2D eigenvalue weighted by Gasteiger charge is 2.22. The monoisotopic (exact) mass is 295 g/mol. The molecule has 0 saturated heterocycles. The van der Waals surface area contributed by atoms with Gasteiger partial charge in [0.15, 0.2) is 5.96 Å². The van der Waals surface area contributed by atoms with Gasteiger partial charge < -0.3 is 15.4 Å². The van der Waals surface area contributed by atoms with E-state index in [4.69, 9.17) is 16.3 Å². The third kappa shape index (κ3) is 5.29. The summed E-state index contributed by atoms with van der Waals surface area (Å²) in [6.45, 7) is 5.54. The summed E-state index contributed by atoms with van der Waals surface area (Å²) >= 11 is 5.93. The largest absolute Gasteiger partial charge is 0.489 e. The van der Waals surface area contributed by atoms with Crippen molar-refractivity contribution in [2.24, 2.45) is 4.99 Å². The number of nitrogens with zero attached hydrogens (tertiary/aromatic N) is 1. The highest BCUT2D eigenvalue weighted by atomic mass is 35.5. The van der Waals surface area contributed by atoms with Crippen LogP contribution in [0.3, 0.4) is 0 Å². The summed E-state index contributed by atoms with van der Waals surface area (Å²) in [5.74, 6) is 1.65. The highest BCUT2D eigenvalue weighted by Crippen LogP contribution is 2.19. The van der Waals surface area contributed by atoms with E-state index < -0.39 is 0 Å². The predicted molar refractivity (Wildman–Crippen MR) is 83.7 cm³/mol. The molecule has 4 nitrogen and oxygen atoms in total. The SMILES string of the molecule is CCNC(=NCC(C)Oc1cccc(Cl)c1)NC1CC1. The van der Waals surface area contributed by atoms with Crippen LogP contribution in [-0.4, -0.2) is 31.2 Å². The number of aliphatic imine (C=N–C) groups is 1. The lowest BCUT2D eigenvalue weighted by atomic mass is 10.3. The molecule has 0 radical (unpaired) electrons. The Morgan fingerprint density at radius 3 is 2.95 bits per heavy atom. The minimum absolute atomic E-state index is 0.00289. The van der Waals surface area contributed by atoms with Gasteiger partial charge in [0.2, 0.25) is 0 Å². The first-order chi connectivity index (χ1) is 9.67. The summed E-state index contributed by atoms with van der Waals surface area (Å²) in [5.41, 5.74) is 0. The van der Waals surface area contributed by atoms with Gasteiger partial charge in [-0.2, -0.15) is 0 Å². The van der Waals surface area contributed by atoms with Crippen molar-refractivity contribution in [1.29, 1.82) is 0 Å². The lowest BCUT2D eigenvalue weighted by Crippen LogP contribution is -2.39. The van der Waals surface area contributed by atoms with E-state index >= 15 is 0 Å². The molecule has 1 aromatic carbocycles. The average Bonchev–Trinajstić information content (AvgIpc) is 3.20. The molecule has 0 bridgehead atoms. The summed E-state index contributed by atoms with van der Waals surface area (Å²) in [6, 6.07) is 8.03. The van der Waals surface area contributed by atoms with Gasteiger partial charge in [-0.15, -0.1) is 0 Å². The first-order valence-electron chi connectivity index (χ1n) is 7.14. The van der Waals surface area contributed by atoms with Crippen LogP contribution in [0.25, 0.3) is 0 Å². The third-order valence-corrected chi connectivity index (χ3v) is 3.14. The molecule has 1 atom stereocenters. The molecular formula is C15H22ClN3O. The van der Waals surface area contributed by atoms with Crippen LogP contribution < -0.4 is 15.4 Å². The zero-order valence-corrected chi connectivity index (χ0v) is 12.8. The molecule has 1 unspecified atom stereocenters. The van der Waals surface area contributed by atoms with Crippen LogP contribution in [0.5, 0.6) is 5.75 Å². The van der Waals surface area contributed by atoms with E-state index in [2.05, 4.69) is 22.5 Å². The smallest absolute Gasteiger partial charge is 0.191 e. The molecule has 0 spiro atoms. The van der Waals surface area contributed by atoms with Crippen molar-refractivity contribution in [2.45, 2.75) is 38.8 Å². The second-order valence-electron chi connectivity index (χ2n) is 5.02. The van der Waals surface area contributed by atoms with Crippen molar-refractivity contribution in [3.05, 3.63) is 29.3 Å². The quantitative estimate of drug-likeness (QED) is 0.627. The summed E-state index contributed by atoms with van der Waals surface area (Å²) in [6.07, 6.45) is 2.47. The van der Waals surface area contributed by atoms with Crippen LogP contribution in [0.15, 0.2) is 29.3 Å². The van der Waals surface area contributed by atoms with Gasteiger partial charge in [-0.1, -0.05) is 17.7 Å². The Bertz CT molecular complexity index is 460. The molecular weight excluding hydrogens is 274 g/mol. The third-order valence-electron chi connectivity index (χ3n) is 2.90. The van der Waals surface area contributed by atoms with E-state index in [-0.39, 0.29) is 6.10 Å². The molecule has 1 aromatic rings. The Labute approximate surface area is 125 Å². The molecule has 1 fully saturated rings. The Hall–Kier alpha value is -1.42. The fourth-order valence-corrected chi connectivity index (χ4v) is 1.95. The lowest BCUT2D eigenvalue weighted by Gasteiger charge is -2.15. The van der Waals surface area contributed by atoms with Gasteiger partial charge in [-0.05, 0) is 44.9 Å². The molecule has 0 aromatic heterocycles. The normalized spacial score (nSPS) is 16.6. The topological polar surface area (TPSA) is 45.7 Å². The van der Waals surface area contributed by atoms with Gasteiger partial charge >= 0.3 is 0 Å². The lowest BCUT2D eigenvalue weighted by molar-refractivity contribution is 0.230. The molecule has 0 heterocycles. The second-order valence-corrected chi connectivity index (χ2v) is 5.46. The number of benzene rings is 1. The van der Waals surface area contributed by atoms with E-state index in [0.717, 1.165) is 18.3 Å². The fourth-order valence-electron chi connectivity index (χ4n) is 1.77. The maximum Gasteiger partial charge on any atom is 0.191 e. The van der Waals surface area contributed by atoms with Gasteiger partial charge in [0.05, 0.1) is 6.54 Å². The number of halogens is 1. The van der Waals surface area contributed by atoms with E-state index in [9.17, 15) is 0 Å². The first kappa shape index (κ1) is 15.0. The summed E-state index contributed by atoms with van der Waals surface area (Å²) in [4.78, 5) is 4.55. The van der Waals surface area contributed by atoms with Crippen LogP contribution in [0.2, 0.25) is 5.02 Å².